The van der Waals surface area contributed by atoms with E-state index in [4.69, 9.17) is 0 Å². The molecule has 0 atom stereocenters. The number of hydrogen-bond donors (Lipinski definition) is 0. The van der Waals surface area contributed by atoms with Crippen LogP contribution in [0.15, 0.2) is 6.07 Å². The fourth-order valence-corrected chi connectivity index (χ4v) is 2.94. The predicted molar refractivity (Wildman–Crippen MR) is 79.1 cm³/mol. The molecule has 0 N–H and O–H groups in total. The SMILES string of the molecule is CCn1c(C)cc(C(=O)CN2C(=O)CCCCC2=O)c1C. The van der Waals surface area contributed by atoms with Crippen LogP contribution in [0.25, 0.3) is 0 Å². The number of rotatable bonds is 4. The maximum atomic E-state index is 12.5. The molecule has 1 aromatic heterocycles. The van der Waals surface area contributed by atoms with Gasteiger partial charge in [-0.15, -0.1) is 0 Å². The van der Waals surface area contributed by atoms with Crippen LogP contribution in [0, 0.1) is 13.8 Å². The van der Waals surface area contributed by atoms with E-state index in [1.807, 2.05) is 26.8 Å². The Bertz CT molecular complexity index is 569. The van der Waals surface area contributed by atoms with Gasteiger partial charge in [0.25, 0.3) is 0 Å². The van der Waals surface area contributed by atoms with Gasteiger partial charge in [-0.25, -0.2) is 0 Å². The molecule has 0 unspecified atom stereocenters. The van der Waals surface area contributed by atoms with E-state index in [0.717, 1.165) is 35.7 Å². The van der Waals surface area contributed by atoms with Gasteiger partial charge in [-0.2, -0.15) is 0 Å². The molecule has 0 radical (unpaired) electrons. The number of nitrogens with zero attached hydrogens (tertiary/aromatic N) is 2. The summed E-state index contributed by atoms with van der Waals surface area (Å²) in [4.78, 5) is 37.5. The first-order valence-electron chi connectivity index (χ1n) is 7.48. The van der Waals surface area contributed by atoms with Crippen LogP contribution in [0.4, 0.5) is 0 Å². The number of likely N-dealkylation sites (tertiary alicyclic amines) is 1. The van der Waals surface area contributed by atoms with Gasteiger partial charge in [0.15, 0.2) is 5.78 Å². The summed E-state index contributed by atoms with van der Waals surface area (Å²) in [6.45, 7) is 6.54. The van der Waals surface area contributed by atoms with Crippen molar-refractivity contribution in [3.63, 3.8) is 0 Å². The molecular weight excluding hydrogens is 268 g/mol. The third kappa shape index (κ3) is 3.06. The van der Waals surface area contributed by atoms with Gasteiger partial charge in [0.05, 0.1) is 6.54 Å². The van der Waals surface area contributed by atoms with Crippen molar-refractivity contribution in [3.8, 4) is 0 Å². The Kier molecular flexibility index (Phi) is 4.60. The van der Waals surface area contributed by atoms with Crippen molar-refractivity contribution in [1.29, 1.82) is 0 Å². The second-order valence-corrected chi connectivity index (χ2v) is 5.53. The molecule has 0 bridgehead atoms. The number of carbonyl (C=O) groups excluding carboxylic acids is 3. The Hall–Kier alpha value is -1.91. The minimum atomic E-state index is -0.227. The smallest absolute Gasteiger partial charge is 0.229 e. The van der Waals surface area contributed by atoms with Crippen LogP contribution in [-0.4, -0.2) is 33.6 Å². The molecule has 2 heterocycles. The summed E-state index contributed by atoms with van der Waals surface area (Å²) < 4.78 is 2.05. The molecule has 21 heavy (non-hydrogen) atoms. The second kappa shape index (κ2) is 6.24. The van der Waals surface area contributed by atoms with Gasteiger partial charge in [-0.1, -0.05) is 0 Å². The zero-order valence-corrected chi connectivity index (χ0v) is 12.9. The first-order valence-corrected chi connectivity index (χ1v) is 7.48. The van der Waals surface area contributed by atoms with E-state index in [1.165, 1.54) is 0 Å². The summed E-state index contributed by atoms with van der Waals surface area (Å²) in [6, 6.07) is 1.84. The van der Waals surface area contributed by atoms with Crippen LogP contribution in [0.5, 0.6) is 0 Å². The molecular formula is C16H22N2O3. The largest absolute Gasteiger partial charge is 0.349 e. The standard InChI is InChI=1S/C16H22N2O3/c1-4-17-11(2)9-13(12(17)3)14(19)10-18-15(20)7-5-6-8-16(18)21/h9H,4-8,10H2,1-3H3. The normalized spacial score (nSPS) is 16.2. The second-order valence-electron chi connectivity index (χ2n) is 5.53. The van der Waals surface area contributed by atoms with Crippen molar-refractivity contribution in [1.82, 2.24) is 9.47 Å². The van der Waals surface area contributed by atoms with Crippen molar-refractivity contribution < 1.29 is 14.4 Å². The Morgan fingerprint density at radius 3 is 2.19 bits per heavy atom. The average molecular weight is 290 g/mol. The van der Waals surface area contributed by atoms with Crippen LogP contribution < -0.4 is 0 Å². The van der Waals surface area contributed by atoms with Crippen molar-refractivity contribution in [3.05, 3.63) is 23.0 Å². The number of ketones is 1. The minimum Gasteiger partial charge on any atom is -0.349 e. The lowest BCUT2D eigenvalue weighted by Gasteiger charge is -2.17. The van der Waals surface area contributed by atoms with Crippen LogP contribution in [0.2, 0.25) is 0 Å². The zero-order chi connectivity index (χ0) is 15.6. The molecule has 0 aliphatic carbocycles. The van der Waals surface area contributed by atoms with E-state index in [1.54, 1.807) is 0 Å². The van der Waals surface area contributed by atoms with Gasteiger partial charge in [0.1, 0.15) is 0 Å². The van der Waals surface area contributed by atoms with Gasteiger partial charge in [-0.05, 0) is 39.7 Å². The van der Waals surface area contributed by atoms with Crippen molar-refractivity contribution in [2.24, 2.45) is 0 Å². The molecule has 5 nitrogen and oxygen atoms in total. The molecule has 114 valence electrons. The third-order valence-corrected chi connectivity index (χ3v) is 4.13. The molecule has 1 fully saturated rings. The van der Waals surface area contributed by atoms with E-state index < -0.39 is 0 Å². The summed E-state index contributed by atoms with van der Waals surface area (Å²) in [7, 11) is 0. The molecule has 1 aliphatic rings. The van der Waals surface area contributed by atoms with Gasteiger partial charge in [-0.3, -0.25) is 19.3 Å². The minimum absolute atomic E-state index is 0.133. The van der Waals surface area contributed by atoms with E-state index in [2.05, 4.69) is 4.57 Å². The lowest BCUT2D eigenvalue weighted by atomic mass is 10.1. The van der Waals surface area contributed by atoms with E-state index in [9.17, 15) is 14.4 Å². The lowest BCUT2D eigenvalue weighted by Crippen LogP contribution is -2.39. The predicted octanol–water partition coefficient (Wildman–Crippen LogP) is 2.24. The summed E-state index contributed by atoms with van der Waals surface area (Å²) in [5.41, 5.74) is 2.53. The number of Topliss-reactive ketones (excluding diaryl/α,β-unsaturated/α-hetero) is 1. The van der Waals surface area contributed by atoms with Crippen LogP contribution >= 0.6 is 0 Å². The fraction of sp³-hybridized carbons (Fsp3) is 0.562. The van der Waals surface area contributed by atoms with Crippen LogP contribution in [-0.2, 0) is 16.1 Å². The lowest BCUT2D eigenvalue weighted by molar-refractivity contribution is -0.143. The summed E-state index contributed by atoms with van der Waals surface area (Å²) >= 11 is 0. The maximum absolute atomic E-state index is 12.5. The van der Waals surface area contributed by atoms with Crippen molar-refractivity contribution >= 4 is 17.6 Å². The first kappa shape index (κ1) is 15.5. The van der Waals surface area contributed by atoms with Gasteiger partial charge in [0.2, 0.25) is 11.8 Å². The van der Waals surface area contributed by atoms with Gasteiger partial charge in [0, 0.05) is 36.3 Å². The molecule has 1 aromatic rings. The summed E-state index contributed by atoms with van der Waals surface area (Å²) in [6.07, 6.45) is 2.15. The maximum Gasteiger partial charge on any atom is 0.229 e. The molecule has 1 aliphatic heterocycles. The van der Waals surface area contributed by atoms with Crippen LogP contribution in [0.3, 0.4) is 0 Å². The monoisotopic (exact) mass is 290 g/mol. The average Bonchev–Trinajstić information content (AvgIpc) is 2.64. The number of imide groups is 1. The summed E-state index contributed by atoms with van der Waals surface area (Å²) in [5.74, 6) is -0.614. The van der Waals surface area contributed by atoms with Crippen molar-refractivity contribution in [2.75, 3.05) is 6.54 Å². The number of carbonyl (C=O) groups is 3. The number of hydrogen-bond acceptors (Lipinski definition) is 3. The Morgan fingerprint density at radius 1 is 1.14 bits per heavy atom. The molecule has 5 heteroatoms. The highest BCUT2D eigenvalue weighted by Gasteiger charge is 2.27. The molecule has 0 aromatic carbocycles. The Morgan fingerprint density at radius 2 is 1.71 bits per heavy atom. The highest BCUT2D eigenvalue weighted by atomic mass is 16.2. The highest BCUT2D eigenvalue weighted by molar-refractivity contribution is 6.05. The Labute approximate surface area is 124 Å². The fourth-order valence-electron chi connectivity index (χ4n) is 2.94. The summed E-state index contributed by atoms with van der Waals surface area (Å²) in [5, 5.41) is 0. The number of amides is 2. The zero-order valence-electron chi connectivity index (χ0n) is 12.9. The highest BCUT2D eigenvalue weighted by Crippen LogP contribution is 2.18. The van der Waals surface area contributed by atoms with Gasteiger partial charge >= 0.3 is 0 Å². The van der Waals surface area contributed by atoms with Crippen molar-refractivity contribution in [2.45, 2.75) is 53.0 Å². The van der Waals surface area contributed by atoms with E-state index in [-0.39, 0.29) is 24.1 Å². The van der Waals surface area contributed by atoms with E-state index in [0.29, 0.717) is 18.4 Å². The quantitative estimate of drug-likeness (QED) is 0.631. The number of aryl methyl sites for hydroxylation is 1. The molecule has 0 spiro atoms. The molecule has 2 amide bonds. The van der Waals surface area contributed by atoms with Crippen LogP contribution in [0.1, 0.15) is 54.4 Å². The van der Waals surface area contributed by atoms with E-state index >= 15 is 0 Å². The molecule has 0 saturated carbocycles. The molecule has 1 saturated heterocycles. The molecule has 2 rings (SSSR count). The Balaban J connectivity index is 2.21. The van der Waals surface area contributed by atoms with Gasteiger partial charge < -0.3 is 4.57 Å². The topological polar surface area (TPSA) is 59.4 Å². The first-order chi connectivity index (χ1) is 9.95. The number of aromatic nitrogens is 1. The third-order valence-electron chi connectivity index (χ3n) is 4.13.